The van der Waals surface area contributed by atoms with Gasteiger partial charge < -0.3 is 16.4 Å². The Morgan fingerprint density at radius 2 is 2.18 bits per heavy atom. The lowest BCUT2D eigenvalue weighted by Gasteiger charge is -2.22. The summed E-state index contributed by atoms with van der Waals surface area (Å²) in [6, 6.07) is 3.31. The molecule has 0 aliphatic carbocycles. The topological polar surface area (TPSA) is 92.9 Å². The summed E-state index contributed by atoms with van der Waals surface area (Å²) in [6.45, 7) is 3.06. The number of nitrogens with two attached hydrogens (primary N) is 1. The molecule has 92 valence electrons. The Labute approximate surface area is 100.0 Å². The summed E-state index contributed by atoms with van der Waals surface area (Å²) < 4.78 is 0. The number of carbonyl (C=O) groups is 1. The van der Waals surface area contributed by atoms with Gasteiger partial charge in [-0.05, 0) is 44.0 Å². The number of nitrogens with zero attached hydrogens (tertiary/aromatic N) is 2. The van der Waals surface area contributed by atoms with E-state index in [0.717, 1.165) is 19.6 Å². The van der Waals surface area contributed by atoms with Gasteiger partial charge in [0, 0.05) is 6.54 Å². The first-order valence-electron chi connectivity index (χ1n) is 5.84. The number of carbonyl (C=O) groups excluding carboxylic acids is 1. The van der Waals surface area contributed by atoms with E-state index in [1.807, 2.05) is 0 Å². The summed E-state index contributed by atoms with van der Waals surface area (Å²) in [5.41, 5.74) is 5.28. The van der Waals surface area contributed by atoms with Gasteiger partial charge in [-0.25, -0.2) is 0 Å². The van der Waals surface area contributed by atoms with E-state index in [4.69, 9.17) is 5.73 Å². The zero-order chi connectivity index (χ0) is 12.1. The summed E-state index contributed by atoms with van der Waals surface area (Å²) in [6.07, 6.45) is 2.36. The Balaban J connectivity index is 1.84. The Morgan fingerprint density at radius 3 is 2.76 bits per heavy atom. The van der Waals surface area contributed by atoms with E-state index in [0.29, 0.717) is 11.7 Å². The number of piperidine rings is 1. The van der Waals surface area contributed by atoms with Gasteiger partial charge in [-0.3, -0.25) is 4.79 Å². The lowest BCUT2D eigenvalue weighted by molar-refractivity contribution is 0.0994. The molecule has 0 atom stereocenters. The van der Waals surface area contributed by atoms with Gasteiger partial charge in [-0.15, -0.1) is 10.2 Å². The first-order chi connectivity index (χ1) is 8.25. The maximum absolute atomic E-state index is 10.8. The molecule has 6 nitrogen and oxygen atoms in total. The first-order valence-corrected chi connectivity index (χ1v) is 5.84. The number of hydrogen-bond acceptors (Lipinski definition) is 5. The molecular weight excluding hydrogens is 218 g/mol. The fourth-order valence-electron chi connectivity index (χ4n) is 1.89. The summed E-state index contributed by atoms with van der Waals surface area (Å²) in [5.74, 6) is 0.810. The van der Waals surface area contributed by atoms with Crippen LogP contribution in [0.3, 0.4) is 0 Å². The van der Waals surface area contributed by atoms with Crippen LogP contribution in [0.15, 0.2) is 12.1 Å². The highest BCUT2D eigenvalue weighted by Crippen LogP contribution is 2.12. The van der Waals surface area contributed by atoms with E-state index < -0.39 is 5.91 Å². The summed E-state index contributed by atoms with van der Waals surface area (Å²) in [4.78, 5) is 10.8. The van der Waals surface area contributed by atoms with Crippen LogP contribution in [-0.2, 0) is 0 Å². The minimum atomic E-state index is -0.553. The predicted octanol–water partition coefficient (Wildman–Crippen LogP) is -0.0130. The average Bonchev–Trinajstić information content (AvgIpc) is 2.38. The van der Waals surface area contributed by atoms with Crippen molar-refractivity contribution in [1.29, 1.82) is 0 Å². The van der Waals surface area contributed by atoms with Gasteiger partial charge in [0.1, 0.15) is 5.82 Å². The summed E-state index contributed by atoms with van der Waals surface area (Å²) in [5, 5.41) is 14.2. The molecule has 17 heavy (non-hydrogen) atoms. The van der Waals surface area contributed by atoms with E-state index in [2.05, 4.69) is 20.8 Å². The van der Waals surface area contributed by atoms with Crippen molar-refractivity contribution in [1.82, 2.24) is 15.5 Å². The molecule has 4 N–H and O–H groups in total. The van der Waals surface area contributed by atoms with Gasteiger partial charge in [0.2, 0.25) is 0 Å². The fourth-order valence-corrected chi connectivity index (χ4v) is 1.89. The second-order valence-electron chi connectivity index (χ2n) is 4.24. The SMILES string of the molecule is NC(=O)c1ccc(NCC2CCNCC2)nn1. The van der Waals surface area contributed by atoms with Gasteiger partial charge in [-0.2, -0.15) is 0 Å². The molecule has 1 aliphatic rings. The molecule has 0 radical (unpaired) electrons. The normalized spacial score (nSPS) is 16.7. The molecule has 1 saturated heterocycles. The molecule has 2 rings (SSSR count). The highest BCUT2D eigenvalue weighted by molar-refractivity contribution is 5.90. The van der Waals surface area contributed by atoms with E-state index >= 15 is 0 Å². The number of primary amides is 1. The molecule has 1 aromatic rings. The van der Waals surface area contributed by atoms with Crippen LogP contribution >= 0.6 is 0 Å². The van der Waals surface area contributed by atoms with Gasteiger partial charge in [-0.1, -0.05) is 0 Å². The maximum atomic E-state index is 10.8. The highest BCUT2D eigenvalue weighted by atomic mass is 16.1. The van der Waals surface area contributed by atoms with E-state index in [1.165, 1.54) is 12.8 Å². The van der Waals surface area contributed by atoms with Crippen LogP contribution in [0.5, 0.6) is 0 Å². The van der Waals surface area contributed by atoms with Gasteiger partial charge in [0.15, 0.2) is 5.69 Å². The van der Waals surface area contributed by atoms with Crippen molar-refractivity contribution in [3.8, 4) is 0 Å². The van der Waals surface area contributed by atoms with Crippen molar-refractivity contribution >= 4 is 11.7 Å². The molecule has 0 bridgehead atoms. The molecule has 1 aliphatic heterocycles. The molecule has 6 heteroatoms. The highest BCUT2D eigenvalue weighted by Gasteiger charge is 2.12. The third-order valence-electron chi connectivity index (χ3n) is 2.95. The smallest absolute Gasteiger partial charge is 0.269 e. The lowest BCUT2D eigenvalue weighted by atomic mass is 9.98. The van der Waals surface area contributed by atoms with Crippen molar-refractivity contribution in [2.24, 2.45) is 11.7 Å². The van der Waals surface area contributed by atoms with Gasteiger partial charge in [0.25, 0.3) is 5.91 Å². The standard InChI is InChI=1S/C11H17N5O/c12-11(17)9-1-2-10(16-15-9)14-7-8-3-5-13-6-4-8/h1-2,8,13H,3-7H2,(H2,12,17)(H,14,16). The lowest BCUT2D eigenvalue weighted by Crippen LogP contribution is -2.31. The number of rotatable bonds is 4. The van der Waals surface area contributed by atoms with Crippen LogP contribution in [0.25, 0.3) is 0 Å². The minimum absolute atomic E-state index is 0.192. The number of aromatic nitrogens is 2. The van der Waals surface area contributed by atoms with Gasteiger partial charge >= 0.3 is 0 Å². The Kier molecular flexibility index (Phi) is 3.87. The molecule has 1 fully saturated rings. The number of nitrogens with one attached hydrogen (secondary N) is 2. The van der Waals surface area contributed by atoms with Crippen LogP contribution < -0.4 is 16.4 Å². The minimum Gasteiger partial charge on any atom is -0.368 e. The number of amides is 1. The van der Waals surface area contributed by atoms with Crippen LogP contribution in [0.1, 0.15) is 23.3 Å². The van der Waals surface area contributed by atoms with Crippen molar-refractivity contribution in [3.63, 3.8) is 0 Å². The van der Waals surface area contributed by atoms with Crippen LogP contribution in [0.2, 0.25) is 0 Å². The van der Waals surface area contributed by atoms with Crippen LogP contribution in [-0.4, -0.2) is 35.7 Å². The second-order valence-corrected chi connectivity index (χ2v) is 4.24. The quantitative estimate of drug-likeness (QED) is 0.682. The monoisotopic (exact) mass is 235 g/mol. The van der Waals surface area contributed by atoms with E-state index in [1.54, 1.807) is 12.1 Å². The largest absolute Gasteiger partial charge is 0.368 e. The maximum Gasteiger partial charge on any atom is 0.269 e. The molecule has 1 amide bonds. The molecule has 1 aromatic heterocycles. The molecule has 0 saturated carbocycles. The molecule has 0 spiro atoms. The van der Waals surface area contributed by atoms with Crippen LogP contribution in [0.4, 0.5) is 5.82 Å². The van der Waals surface area contributed by atoms with Crippen molar-refractivity contribution in [2.45, 2.75) is 12.8 Å². The van der Waals surface area contributed by atoms with Gasteiger partial charge in [0.05, 0.1) is 0 Å². The molecule has 0 aromatic carbocycles. The van der Waals surface area contributed by atoms with Crippen LogP contribution in [0, 0.1) is 5.92 Å². The zero-order valence-corrected chi connectivity index (χ0v) is 9.65. The zero-order valence-electron chi connectivity index (χ0n) is 9.65. The third-order valence-corrected chi connectivity index (χ3v) is 2.95. The van der Waals surface area contributed by atoms with Crippen molar-refractivity contribution < 1.29 is 4.79 Å². The number of hydrogen-bond donors (Lipinski definition) is 3. The Hall–Kier alpha value is -1.69. The molecular formula is C11H17N5O. The summed E-state index contributed by atoms with van der Waals surface area (Å²) in [7, 11) is 0. The van der Waals surface area contributed by atoms with E-state index in [-0.39, 0.29) is 5.69 Å². The summed E-state index contributed by atoms with van der Waals surface area (Å²) >= 11 is 0. The van der Waals surface area contributed by atoms with Crippen molar-refractivity contribution in [3.05, 3.63) is 17.8 Å². The Bertz CT molecular complexity index is 372. The van der Waals surface area contributed by atoms with Crippen molar-refractivity contribution in [2.75, 3.05) is 25.0 Å². The molecule has 0 unspecified atom stereocenters. The first kappa shape index (κ1) is 11.8. The molecule has 2 heterocycles. The van der Waals surface area contributed by atoms with E-state index in [9.17, 15) is 4.79 Å². The average molecular weight is 235 g/mol. The number of anilines is 1. The third kappa shape index (κ3) is 3.39. The second kappa shape index (κ2) is 5.58. The Morgan fingerprint density at radius 1 is 1.41 bits per heavy atom. The fraction of sp³-hybridized carbons (Fsp3) is 0.545. The predicted molar refractivity (Wildman–Crippen MR) is 64.6 cm³/mol.